The first-order chi connectivity index (χ1) is 25.9. The topological polar surface area (TPSA) is 172 Å². The van der Waals surface area contributed by atoms with Crippen LogP contribution in [0.25, 0.3) is 11.2 Å². The summed E-state index contributed by atoms with van der Waals surface area (Å²) in [4.78, 5) is 52.3. The van der Waals surface area contributed by atoms with Crippen LogP contribution in [0.2, 0.25) is 0 Å². The molecule has 53 heavy (non-hydrogen) atoms. The Balaban J connectivity index is 1.14. The van der Waals surface area contributed by atoms with Crippen molar-refractivity contribution in [2.24, 2.45) is 0 Å². The van der Waals surface area contributed by atoms with Crippen LogP contribution in [0.5, 0.6) is 0 Å². The lowest BCUT2D eigenvalue weighted by Gasteiger charge is -2.28. The lowest BCUT2D eigenvalue weighted by molar-refractivity contribution is -0.0120. The van der Waals surface area contributed by atoms with Crippen molar-refractivity contribution >= 4 is 29.2 Å². The predicted molar refractivity (Wildman–Crippen MR) is 197 cm³/mol. The zero-order valence-corrected chi connectivity index (χ0v) is 28.8. The normalized spacial score (nSPS) is 20.1. The molecule has 5 atom stereocenters. The van der Waals surface area contributed by atoms with E-state index >= 15 is 0 Å². The van der Waals surface area contributed by atoms with Gasteiger partial charge >= 0.3 is 17.9 Å². The molecule has 13 nitrogen and oxygen atoms in total. The van der Waals surface area contributed by atoms with Crippen molar-refractivity contribution in [3.63, 3.8) is 0 Å². The summed E-state index contributed by atoms with van der Waals surface area (Å²) in [6.45, 7) is 0.193. The largest absolute Gasteiger partial charge is 0.444 e. The molecule has 3 aromatic carbocycles. The molecule has 2 heterocycles. The number of anilines is 1. The van der Waals surface area contributed by atoms with E-state index in [1.807, 2.05) is 30.3 Å². The number of amides is 2. The maximum Gasteiger partial charge on any atom is 0.419 e. The molecule has 272 valence electrons. The molecular weight excluding hydrogens is 676 g/mol. The van der Waals surface area contributed by atoms with Crippen molar-refractivity contribution in [2.75, 3.05) is 11.9 Å². The number of imidazole rings is 1. The highest BCUT2D eigenvalue weighted by Gasteiger charge is 2.50. The van der Waals surface area contributed by atoms with Crippen LogP contribution >= 0.6 is 0 Å². The zero-order chi connectivity index (χ0) is 36.7. The number of fused-ring (bicyclic) bond motifs is 1. The first-order valence-corrected chi connectivity index (χ1v) is 17.6. The number of aliphatic hydroxyl groups is 2. The molecule has 7 rings (SSSR count). The number of nitrogens with zero attached hydrogens (tertiary/aromatic N) is 4. The molecule has 2 aliphatic carbocycles. The van der Waals surface area contributed by atoms with Gasteiger partial charge in [-0.3, -0.25) is 4.98 Å². The van der Waals surface area contributed by atoms with Gasteiger partial charge in [-0.05, 0) is 36.0 Å². The van der Waals surface area contributed by atoms with Crippen LogP contribution in [0.15, 0.2) is 126 Å². The van der Waals surface area contributed by atoms with Gasteiger partial charge in [-0.1, -0.05) is 115 Å². The standard InChI is InChI=1S/C40H40N6O7/c47-34-31(21-32(35(34)48)46(39(50)52-23-26-13-5-1-6-14-26)40(51)53-24-27-15-7-2-8-16-27)45-25-42-33-36(43-38(49)44-37(33)45)41-22-30(28-17-9-3-10-18-28)29-19-11-4-12-20-29/h1-11,13-19,25,30-32,34-35,47-48H,12,20-24H2,(H2,41,43,44,49)/t30?,31-,32?,34-,35?/m1/s1. The van der Waals surface area contributed by atoms with Gasteiger partial charge in [-0.15, -0.1) is 0 Å². The SMILES string of the molecule is O=C(OCc1ccccc1)N(C(=O)OCc1ccccc1)C1C[C@@H](n2cnc3c(NCC(C4=CC=CCC4)c4ccccc4)[nH]c(=O)nc32)[C@@H](O)C1O. The Labute approximate surface area is 305 Å². The van der Waals surface area contributed by atoms with Crippen molar-refractivity contribution in [2.45, 2.75) is 62.7 Å². The number of aromatic amines is 1. The summed E-state index contributed by atoms with van der Waals surface area (Å²) >= 11 is 0. The van der Waals surface area contributed by atoms with Gasteiger partial charge < -0.3 is 29.6 Å². The summed E-state index contributed by atoms with van der Waals surface area (Å²) in [7, 11) is 0. The molecule has 3 unspecified atom stereocenters. The summed E-state index contributed by atoms with van der Waals surface area (Å²) < 4.78 is 12.5. The smallest absolute Gasteiger partial charge is 0.419 e. The number of imide groups is 1. The van der Waals surface area contributed by atoms with E-state index in [0.717, 1.165) is 18.4 Å². The number of H-pyrrole nitrogens is 1. The Hall–Kier alpha value is -6.05. The number of ether oxygens (including phenoxy) is 2. The molecule has 4 N–H and O–H groups in total. The average Bonchev–Trinajstić information content (AvgIpc) is 3.74. The van der Waals surface area contributed by atoms with Crippen molar-refractivity contribution in [3.8, 4) is 0 Å². The third-order valence-electron chi connectivity index (χ3n) is 9.74. The van der Waals surface area contributed by atoms with Crippen molar-refractivity contribution in [1.29, 1.82) is 0 Å². The molecule has 2 aromatic heterocycles. The van der Waals surface area contributed by atoms with Gasteiger partial charge in [0.25, 0.3) is 0 Å². The van der Waals surface area contributed by atoms with Crippen LogP contribution in [-0.2, 0) is 22.7 Å². The summed E-state index contributed by atoms with van der Waals surface area (Å²) in [6.07, 6.45) is 4.34. The van der Waals surface area contributed by atoms with Gasteiger partial charge in [0, 0.05) is 12.5 Å². The van der Waals surface area contributed by atoms with Crippen molar-refractivity contribution in [3.05, 3.63) is 148 Å². The minimum Gasteiger partial charge on any atom is -0.444 e. The monoisotopic (exact) mass is 716 g/mol. The minimum atomic E-state index is -1.59. The second kappa shape index (κ2) is 16.1. The van der Waals surface area contributed by atoms with Crippen LogP contribution in [0.3, 0.4) is 0 Å². The van der Waals surface area contributed by atoms with E-state index < -0.39 is 42.2 Å². The Morgan fingerprint density at radius 2 is 1.53 bits per heavy atom. The van der Waals surface area contributed by atoms with Crippen LogP contribution in [-0.4, -0.2) is 71.6 Å². The number of hydrogen-bond donors (Lipinski definition) is 4. The molecule has 13 heteroatoms. The average molecular weight is 717 g/mol. The van der Waals surface area contributed by atoms with E-state index in [2.05, 4.69) is 50.6 Å². The van der Waals surface area contributed by atoms with E-state index in [1.54, 1.807) is 48.5 Å². The van der Waals surface area contributed by atoms with Gasteiger partial charge in [0.05, 0.1) is 18.4 Å². The first kappa shape index (κ1) is 35.4. The highest BCUT2D eigenvalue weighted by molar-refractivity contribution is 5.88. The second-order valence-corrected chi connectivity index (χ2v) is 13.1. The molecule has 0 aliphatic heterocycles. The van der Waals surface area contributed by atoms with E-state index in [0.29, 0.717) is 33.9 Å². The number of aliphatic hydroxyl groups excluding tert-OH is 2. The summed E-state index contributed by atoms with van der Waals surface area (Å²) in [5, 5.41) is 26.2. The summed E-state index contributed by atoms with van der Waals surface area (Å²) in [6, 6.07) is 25.8. The van der Waals surface area contributed by atoms with Gasteiger partial charge in [-0.25, -0.2) is 24.3 Å². The Kier molecular flexibility index (Phi) is 10.7. The number of nitrogens with one attached hydrogen (secondary N) is 2. The van der Waals surface area contributed by atoms with Crippen molar-refractivity contribution in [1.82, 2.24) is 24.4 Å². The molecule has 0 radical (unpaired) electrons. The minimum absolute atomic E-state index is 0.0248. The molecular formula is C40H40N6O7. The number of aromatic nitrogens is 4. The lowest BCUT2D eigenvalue weighted by atomic mass is 9.86. The van der Waals surface area contributed by atoms with Gasteiger partial charge in [-0.2, -0.15) is 4.98 Å². The fourth-order valence-corrected chi connectivity index (χ4v) is 7.01. The predicted octanol–water partition coefficient (Wildman–Crippen LogP) is 5.60. The summed E-state index contributed by atoms with van der Waals surface area (Å²) in [5.74, 6) is 0.378. The van der Waals surface area contributed by atoms with E-state index in [4.69, 9.17) is 9.47 Å². The van der Waals surface area contributed by atoms with E-state index in [-0.39, 0.29) is 31.2 Å². The van der Waals surface area contributed by atoms with Gasteiger partial charge in [0.15, 0.2) is 5.65 Å². The fourth-order valence-electron chi connectivity index (χ4n) is 7.01. The van der Waals surface area contributed by atoms with Crippen LogP contribution in [0.1, 0.15) is 47.9 Å². The number of carbonyl (C=O) groups excluding carboxylic acids is 2. The molecule has 2 aliphatic rings. The van der Waals surface area contributed by atoms with Gasteiger partial charge in [0.1, 0.15) is 36.8 Å². The maximum absolute atomic E-state index is 13.6. The number of carbonyl (C=O) groups is 2. The number of benzene rings is 3. The maximum atomic E-state index is 13.6. The quantitative estimate of drug-likeness (QED) is 0.135. The highest BCUT2D eigenvalue weighted by atomic mass is 16.6. The zero-order valence-electron chi connectivity index (χ0n) is 28.8. The number of hydrogen-bond acceptors (Lipinski definition) is 10. The third-order valence-corrected chi connectivity index (χ3v) is 9.74. The lowest BCUT2D eigenvalue weighted by Crippen LogP contribution is -2.50. The second-order valence-electron chi connectivity index (χ2n) is 13.1. The molecule has 1 saturated carbocycles. The third kappa shape index (κ3) is 7.91. The fraction of sp³-hybridized carbons (Fsp3) is 0.275. The molecule has 0 saturated heterocycles. The van der Waals surface area contributed by atoms with Crippen LogP contribution in [0.4, 0.5) is 15.4 Å². The molecule has 0 spiro atoms. The number of rotatable bonds is 11. The van der Waals surface area contributed by atoms with E-state index in [1.165, 1.54) is 16.5 Å². The Morgan fingerprint density at radius 1 is 0.906 bits per heavy atom. The molecule has 5 aromatic rings. The Bertz CT molecular complexity index is 2100. The van der Waals surface area contributed by atoms with Crippen molar-refractivity contribution < 1.29 is 29.3 Å². The summed E-state index contributed by atoms with van der Waals surface area (Å²) in [5.41, 5.74) is 3.64. The van der Waals surface area contributed by atoms with Crippen LogP contribution < -0.4 is 11.0 Å². The number of allylic oxidation sites excluding steroid dienone is 3. The first-order valence-electron chi connectivity index (χ1n) is 17.6. The Morgan fingerprint density at radius 3 is 2.13 bits per heavy atom. The molecule has 0 bridgehead atoms. The van der Waals surface area contributed by atoms with Gasteiger partial charge in [0.2, 0.25) is 0 Å². The molecule has 1 fully saturated rings. The van der Waals surface area contributed by atoms with E-state index in [9.17, 15) is 24.6 Å². The molecule has 2 amide bonds. The highest BCUT2D eigenvalue weighted by Crippen LogP contribution is 2.37. The van der Waals surface area contributed by atoms with Crippen LogP contribution in [0, 0.1) is 0 Å².